The predicted molar refractivity (Wildman–Crippen MR) is 86.4 cm³/mol. The van der Waals surface area contributed by atoms with Crippen molar-refractivity contribution in [1.82, 2.24) is 0 Å². The molecule has 0 atom stereocenters. The smallest absolute Gasteiger partial charge is 0.227 e. The number of aryl methyl sites for hydroxylation is 2. The minimum Gasteiger partial charge on any atom is -0.308 e. The first-order valence-electron chi connectivity index (χ1n) is 7.74. The number of rotatable bonds is 2. The quantitative estimate of drug-likeness (QED) is 0.810. The van der Waals surface area contributed by atoms with Crippen molar-refractivity contribution in [2.75, 3.05) is 4.90 Å². The zero-order chi connectivity index (χ0) is 14.7. The Bertz CT molecular complexity index is 648. The maximum atomic E-state index is 12.6. The maximum Gasteiger partial charge on any atom is 0.227 e. The number of fused-ring (bicyclic) bond motifs is 2. The highest BCUT2D eigenvalue weighted by Gasteiger charge is 2.21. The van der Waals surface area contributed by atoms with Gasteiger partial charge in [-0.2, -0.15) is 0 Å². The van der Waals surface area contributed by atoms with Crippen LogP contribution >= 0.6 is 0 Å². The van der Waals surface area contributed by atoms with Crippen LogP contribution < -0.4 is 4.90 Å². The Morgan fingerprint density at radius 1 is 0.952 bits per heavy atom. The van der Waals surface area contributed by atoms with Gasteiger partial charge < -0.3 is 4.90 Å². The fourth-order valence-electron chi connectivity index (χ4n) is 3.04. The van der Waals surface area contributed by atoms with Crippen LogP contribution in [0.25, 0.3) is 0 Å². The Morgan fingerprint density at radius 2 is 1.57 bits per heavy atom. The summed E-state index contributed by atoms with van der Waals surface area (Å²) in [7, 11) is 0. The highest BCUT2D eigenvalue weighted by molar-refractivity contribution is 5.94. The molecule has 0 N–H and O–H groups in total. The molecule has 0 bridgehead atoms. The van der Waals surface area contributed by atoms with Crippen molar-refractivity contribution >= 4 is 11.6 Å². The van der Waals surface area contributed by atoms with Crippen LogP contribution in [0.2, 0.25) is 0 Å². The first kappa shape index (κ1) is 13.9. The van der Waals surface area contributed by atoms with E-state index < -0.39 is 0 Å². The van der Waals surface area contributed by atoms with Gasteiger partial charge in [0.05, 0.1) is 6.54 Å². The molecule has 0 saturated heterocycles. The Kier molecular flexibility index (Phi) is 4.05. The van der Waals surface area contributed by atoms with Crippen LogP contribution in [0.1, 0.15) is 36.5 Å². The third-order valence-electron chi connectivity index (χ3n) is 4.16. The van der Waals surface area contributed by atoms with Crippen molar-refractivity contribution in [2.24, 2.45) is 0 Å². The molecule has 0 radical (unpaired) electrons. The molecule has 1 amide bonds. The van der Waals surface area contributed by atoms with E-state index in [0.29, 0.717) is 13.0 Å². The highest BCUT2D eigenvalue weighted by Crippen LogP contribution is 2.28. The van der Waals surface area contributed by atoms with Gasteiger partial charge in [0.25, 0.3) is 0 Å². The van der Waals surface area contributed by atoms with Gasteiger partial charge in [-0.1, -0.05) is 49.4 Å². The Balaban J connectivity index is 2.04. The molecule has 2 nitrogen and oxygen atoms in total. The summed E-state index contributed by atoms with van der Waals surface area (Å²) in [4.78, 5) is 14.5. The van der Waals surface area contributed by atoms with Gasteiger partial charge in [0.2, 0.25) is 5.91 Å². The average Bonchev–Trinajstić information content (AvgIpc) is 2.50. The molecule has 1 aliphatic rings. The first-order chi connectivity index (χ1) is 10.3. The molecule has 108 valence electrons. The Labute approximate surface area is 126 Å². The normalized spacial score (nSPS) is 13.9. The van der Waals surface area contributed by atoms with Gasteiger partial charge >= 0.3 is 0 Å². The van der Waals surface area contributed by atoms with Crippen molar-refractivity contribution in [3.05, 3.63) is 65.2 Å². The van der Waals surface area contributed by atoms with Gasteiger partial charge in [0.15, 0.2) is 0 Å². The minimum absolute atomic E-state index is 0.224. The number of hydrogen-bond acceptors (Lipinski definition) is 1. The second-order valence-electron chi connectivity index (χ2n) is 5.63. The van der Waals surface area contributed by atoms with E-state index in [-0.39, 0.29) is 5.91 Å². The van der Waals surface area contributed by atoms with E-state index in [2.05, 4.69) is 49.4 Å². The SMILES string of the molecule is CCCC(=O)N1Cc2ccccc2CCc2ccccc21. The standard InChI is InChI=1S/C19H21NO/c1-2-7-19(21)20-14-17-10-4-3-8-15(17)12-13-16-9-5-6-11-18(16)20/h3-6,8-11H,2,7,12-14H2,1H3. The molecule has 3 rings (SSSR count). The molecule has 0 saturated carbocycles. The van der Waals surface area contributed by atoms with Crippen LogP contribution in [0, 0.1) is 0 Å². The summed E-state index contributed by atoms with van der Waals surface area (Å²) in [5.74, 6) is 0.224. The molecule has 2 aromatic rings. The Hall–Kier alpha value is -2.09. The number of anilines is 1. The van der Waals surface area contributed by atoms with Crippen LogP contribution in [0.5, 0.6) is 0 Å². The summed E-state index contributed by atoms with van der Waals surface area (Å²) in [5.41, 5.74) is 5.00. The second kappa shape index (κ2) is 6.13. The van der Waals surface area contributed by atoms with Gasteiger partial charge in [0.1, 0.15) is 0 Å². The van der Waals surface area contributed by atoms with Crippen LogP contribution in [-0.4, -0.2) is 5.91 Å². The largest absolute Gasteiger partial charge is 0.308 e. The average molecular weight is 279 g/mol. The number of carbonyl (C=O) groups is 1. The van der Waals surface area contributed by atoms with Gasteiger partial charge in [-0.25, -0.2) is 0 Å². The zero-order valence-electron chi connectivity index (χ0n) is 12.5. The molecule has 0 unspecified atom stereocenters. The van der Waals surface area contributed by atoms with E-state index in [1.165, 1.54) is 16.7 Å². The Morgan fingerprint density at radius 3 is 2.33 bits per heavy atom. The van der Waals surface area contributed by atoms with Crippen LogP contribution in [-0.2, 0) is 24.2 Å². The lowest BCUT2D eigenvalue weighted by molar-refractivity contribution is -0.118. The molecule has 0 aliphatic carbocycles. The molecular formula is C19H21NO. The molecule has 1 aliphatic heterocycles. The lowest BCUT2D eigenvalue weighted by Crippen LogP contribution is -2.32. The van der Waals surface area contributed by atoms with E-state index in [1.807, 2.05) is 11.0 Å². The predicted octanol–water partition coefficient (Wildman–Crippen LogP) is 4.12. The molecule has 1 heterocycles. The van der Waals surface area contributed by atoms with Gasteiger partial charge in [-0.05, 0) is 42.0 Å². The molecule has 0 spiro atoms. The third kappa shape index (κ3) is 2.85. The molecule has 0 aromatic heterocycles. The fourth-order valence-corrected chi connectivity index (χ4v) is 3.04. The van der Waals surface area contributed by atoms with E-state index in [1.54, 1.807) is 0 Å². The molecular weight excluding hydrogens is 258 g/mol. The van der Waals surface area contributed by atoms with E-state index >= 15 is 0 Å². The topological polar surface area (TPSA) is 20.3 Å². The number of carbonyl (C=O) groups excluding carboxylic acids is 1. The highest BCUT2D eigenvalue weighted by atomic mass is 16.2. The number of nitrogens with zero attached hydrogens (tertiary/aromatic N) is 1. The van der Waals surface area contributed by atoms with Crippen molar-refractivity contribution in [3.63, 3.8) is 0 Å². The lowest BCUT2D eigenvalue weighted by Gasteiger charge is -2.28. The number of benzene rings is 2. The summed E-state index contributed by atoms with van der Waals surface area (Å²) in [5, 5.41) is 0. The van der Waals surface area contributed by atoms with Crippen molar-refractivity contribution in [1.29, 1.82) is 0 Å². The molecule has 21 heavy (non-hydrogen) atoms. The first-order valence-corrected chi connectivity index (χ1v) is 7.74. The second-order valence-corrected chi connectivity index (χ2v) is 5.63. The van der Waals surface area contributed by atoms with Crippen LogP contribution in [0.3, 0.4) is 0 Å². The minimum atomic E-state index is 0.224. The van der Waals surface area contributed by atoms with Crippen LogP contribution in [0.15, 0.2) is 48.5 Å². The van der Waals surface area contributed by atoms with E-state index in [9.17, 15) is 4.79 Å². The number of hydrogen-bond donors (Lipinski definition) is 0. The van der Waals surface area contributed by atoms with E-state index in [4.69, 9.17) is 0 Å². The summed E-state index contributed by atoms with van der Waals surface area (Å²) in [6.07, 6.45) is 3.53. The van der Waals surface area contributed by atoms with Crippen molar-refractivity contribution in [3.8, 4) is 0 Å². The summed E-state index contributed by atoms with van der Waals surface area (Å²) < 4.78 is 0. The molecule has 2 heteroatoms. The number of amides is 1. The van der Waals surface area contributed by atoms with E-state index in [0.717, 1.165) is 24.9 Å². The maximum absolute atomic E-state index is 12.6. The molecule has 0 fully saturated rings. The lowest BCUT2D eigenvalue weighted by atomic mass is 9.95. The number of para-hydroxylation sites is 1. The van der Waals surface area contributed by atoms with Gasteiger partial charge in [-0.15, -0.1) is 0 Å². The van der Waals surface area contributed by atoms with Gasteiger partial charge in [-0.3, -0.25) is 4.79 Å². The third-order valence-corrected chi connectivity index (χ3v) is 4.16. The van der Waals surface area contributed by atoms with Gasteiger partial charge in [0, 0.05) is 12.1 Å². The monoisotopic (exact) mass is 279 g/mol. The molecule has 2 aromatic carbocycles. The fraction of sp³-hybridized carbons (Fsp3) is 0.316. The zero-order valence-corrected chi connectivity index (χ0v) is 12.5. The summed E-state index contributed by atoms with van der Waals surface area (Å²) in [6.45, 7) is 2.74. The van der Waals surface area contributed by atoms with Crippen molar-refractivity contribution in [2.45, 2.75) is 39.2 Å². The summed E-state index contributed by atoms with van der Waals surface area (Å²) in [6, 6.07) is 16.8. The van der Waals surface area contributed by atoms with Crippen molar-refractivity contribution < 1.29 is 4.79 Å². The summed E-state index contributed by atoms with van der Waals surface area (Å²) >= 11 is 0. The van der Waals surface area contributed by atoms with Crippen LogP contribution in [0.4, 0.5) is 5.69 Å².